The lowest BCUT2D eigenvalue weighted by Gasteiger charge is -2.13. The van der Waals surface area contributed by atoms with E-state index in [0.717, 1.165) is 9.13 Å². The van der Waals surface area contributed by atoms with E-state index in [2.05, 4.69) is 32.9 Å². The Bertz CT molecular complexity index is 1030. The Morgan fingerprint density at radius 3 is 2.50 bits per heavy atom. The maximum absolute atomic E-state index is 12.3. The van der Waals surface area contributed by atoms with Crippen LogP contribution < -0.4 is 14.8 Å². The van der Waals surface area contributed by atoms with Gasteiger partial charge < -0.3 is 19.5 Å². The lowest BCUT2D eigenvalue weighted by Crippen LogP contribution is -2.07. The summed E-state index contributed by atoms with van der Waals surface area (Å²) in [5, 5.41) is 2.69. The summed E-state index contributed by atoms with van der Waals surface area (Å²) in [6.07, 6.45) is 1.65. The minimum Gasteiger partial charge on any atom is -0.490 e. The molecule has 1 amide bonds. The Morgan fingerprint density at radius 1 is 1.17 bits per heavy atom. The van der Waals surface area contributed by atoms with Gasteiger partial charge in [-0.1, -0.05) is 0 Å². The number of hydrogen-bond donors (Lipinski definition) is 1. The molecule has 1 aliphatic rings. The van der Waals surface area contributed by atoms with Crippen molar-refractivity contribution in [3.05, 3.63) is 56.8 Å². The van der Waals surface area contributed by atoms with E-state index in [4.69, 9.17) is 14.2 Å². The number of anilines is 1. The maximum Gasteiger partial charge on any atom is 0.363 e. The molecule has 30 heavy (non-hydrogen) atoms. The Morgan fingerprint density at radius 2 is 1.87 bits per heavy atom. The molecule has 2 aromatic carbocycles. The predicted octanol–water partition coefficient (Wildman–Crippen LogP) is 4.39. The van der Waals surface area contributed by atoms with Crippen molar-refractivity contribution in [2.75, 3.05) is 18.5 Å². The van der Waals surface area contributed by atoms with Crippen molar-refractivity contribution < 1.29 is 23.8 Å². The summed E-state index contributed by atoms with van der Waals surface area (Å²) in [6, 6.07) is 10.6. The Balaban J connectivity index is 1.89. The summed E-state index contributed by atoms with van der Waals surface area (Å²) in [7, 11) is 0. The van der Waals surface area contributed by atoms with Gasteiger partial charge in [0.15, 0.2) is 17.2 Å². The molecule has 0 saturated carbocycles. The first-order valence-corrected chi connectivity index (χ1v) is 10.5. The summed E-state index contributed by atoms with van der Waals surface area (Å²) in [5.74, 6) is 0.819. The van der Waals surface area contributed by atoms with Gasteiger partial charge in [0.05, 0.1) is 16.8 Å². The number of nitrogens with one attached hydrogen (secondary N) is 1. The summed E-state index contributed by atoms with van der Waals surface area (Å²) in [4.78, 5) is 27.8. The van der Waals surface area contributed by atoms with Crippen LogP contribution >= 0.6 is 22.6 Å². The van der Waals surface area contributed by atoms with Crippen LogP contribution in [0, 0.1) is 3.57 Å². The third kappa shape index (κ3) is 5.18. The maximum atomic E-state index is 12.3. The Kier molecular flexibility index (Phi) is 7.09. The monoisotopic (exact) mass is 520 g/mol. The minimum absolute atomic E-state index is 0.158. The molecule has 3 rings (SSSR count). The molecule has 0 saturated heterocycles. The topological polar surface area (TPSA) is 86.2 Å². The molecule has 0 aliphatic carbocycles. The number of aliphatic imine (C=N–C) groups is 1. The van der Waals surface area contributed by atoms with Crippen LogP contribution in [0.1, 0.15) is 31.9 Å². The molecule has 0 aromatic heterocycles. The SMILES string of the molecule is CCOc1cc(/C=C2\N=C(c3ccc(NC(C)=O)cc3)OC2=O)cc(I)c1OCC. The van der Waals surface area contributed by atoms with Gasteiger partial charge in [0.2, 0.25) is 11.8 Å². The van der Waals surface area contributed by atoms with Crippen LogP contribution in [0.25, 0.3) is 6.08 Å². The van der Waals surface area contributed by atoms with E-state index in [1.807, 2.05) is 26.0 Å². The van der Waals surface area contributed by atoms with Gasteiger partial charge in [-0.3, -0.25) is 4.79 Å². The van der Waals surface area contributed by atoms with Crippen LogP contribution in [0.5, 0.6) is 11.5 Å². The molecule has 0 fully saturated rings. The molecular formula is C22H21IN2O5. The first-order valence-electron chi connectivity index (χ1n) is 9.41. The lowest BCUT2D eigenvalue weighted by atomic mass is 10.1. The molecule has 1 aliphatic heterocycles. The van der Waals surface area contributed by atoms with Crippen LogP contribution in [0.2, 0.25) is 0 Å². The Hall–Kier alpha value is -2.88. The second-order valence-electron chi connectivity index (χ2n) is 6.29. The van der Waals surface area contributed by atoms with E-state index in [1.165, 1.54) is 6.92 Å². The van der Waals surface area contributed by atoms with Crippen molar-refractivity contribution in [2.45, 2.75) is 20.8 Å². The van der Waals surface area contributed by atoms with Crippen molar-refractivity contribution in [1.29, 1.82) is 0 Å². The number of ether oxygens (including phenoxy) is 3. The quantitative estimate of drug-likeness (QED) is 0.333. The van der Waals surface area contributed by atoms with E-state index in [9.17, 15) is 9.59 Å². The zero-order valence-electron chi connectivity index (χ0n) is 16.8. The highest BCUT2D eigenvalue weighted by Crippen LogP contribution is 2.35. The first-order chi connectivity index (χ1) is 14.4. The molecule has 8 heteroatoms. The number of halogens is 1. The fraction of sp³-hybridized carbons (Fsp3) is 0.227. The van der Waals surface area contributed by atoms with E-state index >= 15 is 0 Å². The molecular weight excluding hydrogens is 499 g/mol. The highest BCUT2D eigenvalue weighted by molar-refractivity contribution is 14.1. The van der Waals surface area contributed by atoms with E-state index < -0.39 is 5.97 Å². The largest absolute Gasteiger partial charge is 0.490 e. The lowest BCUT2D eigenvalue weighted by molar-refractivity contribution is -0.129. The highest BCUT2D eigenvalue weighted by atomic mass is 127. The smallest absolute Gasteiger partial charge is 0.363 e. The van der Waals surface area contributed by atoms with Gasteiger partial charge in [-0.25, -0.2) is 9.79 Å². The van der Waals surface area contributed by atoms with Gasteiger partial charge in [0, 0.05) is 18.2 Å². The second kappa shape index (κ2) is 9.75. The molecule has 7 nitrogen and oxygen atoms in total. The molecule has 0 bridgehead atoms. The number of nitrogens with zero attached hydrogens (tertiary/aromatic N) is 1. The van der Waals surface area contributed by atoms with Crippen LogP contribution in [0.4, 0.5) is 5.69 Å². The minimum atomic E-state index is -0.530. The summed E-state index contributed by atoms with van der Waals surface area (Å²) >= 11 is 2.17. The van der Waals surface area contributed by atoms with Gasteiger partial charge in [-0.2, -0.15) is 0 Å². The first kappa shape index (κ1) is 21.8. The molecule has 0 unspecified atom stereocenters. The second-order valence-corrected chi connectivity index (χ2v) is 7.45. The fourth-order valence-corrected chi connectivity index (χ4v) is 3.59. The number of esters is 1. The Labute approximate surface area is 188 Å². The van der Waals surface area contributed by atoms with Crippen molar-refractivity contribution in [3.63, 3.8) is 0 Å². The number of hydrogen-bond acceptors (Lipinski definition) is 6. The molecule has 2 aromatic rings. The standard InChI is InChI=1S/C22H21IN2O5/c1-4-28-19-12-14(10-17(23)20(19)29-5-2)11-18-22(27)30-21(25-18)15-6-8-16(9-7-15)24-13(3)26/h6-12H,4-5H2,1-3H3,(H,24,26)/b18-11-. The van der Waals surface area contributed by atoms with Crippen molar-refractivity contribution in [2.24, 2.45) is 4.99 Å². The molecule has 0 radical (unpaired) electrons. The van der Waals surface area contributed by atoms with Gasteiger partial charge in [0.25, 0.3) is 0 Å². The summed E-state index contributed by atoms with van der Waals surface area (Å²) in [5.41, 5.74) is 2.24. The van der Waals surface area contributed by atoms with Gasteiger partial charge in [0.1, 0.15) is 0 Å². The fourth-order valence-electron chi connectivity index (χ4n) is 2.81. The zero-order chi connectivity index (χ0) is 21.7. The van der Waals surface area contributed by atoms with Gasteiger partial charge in [-0.05, 0) is 84.5 Å². The third-order valence-electron chi connectivity index (χ3n) is 4.00. The van der Waals surface area contributed by atoms with E-state index in [0.29, 0.717) is 36.0 Å². The van der Waals surface area contributed by atoms with Crippen molar-refractivity contribution in [1.82, 2.24) is 0 Å². The third-order valence-corrected chi connectivity index (χ3v) is 4.80. The zero-order valence-corrected chi connectivity index (χ0v) is 19.0. The van der Waals surface area contributed by atoms with Crippen LogP contribution in [-0.4, -0.2) is 31.0 Å². The van der Waals surface area contributed by atoms with Crippen LogP contribution in [-0.2, 0) is 14.3 Å². The number of amides is 1. The van der Waals surface area contributed by atoms with E-state index in [-0.39, 0.29) is 17.5 Å². The molecule has 156 valence electrons. The predicted molar refractivity (Wildman–Crippen MR) is 123 cm³/mol. The molecule has 0 atom stereocenters. The van der Waals surface area contributed by atoms with E-state index in [1.54, 1.807) is 30.3 Å². The van der Waals surface area contributed by atoms with Crippen LogP contribution in [0.3, 0.4) is 0 Å². The summed E-state index contributed by atoms with van der Waals surface area (Å²) < 4.78 is 17.6. The highest BCUT2D eigenvalue weighted by Gasteiger charge is 2.24. The van der Waals surface area contributed by atoms with Crippen molar-refractivity contribution in [3.8, 4) is 11.5 Å². The average Bonchev–Trinajstić information content (AvgIpc) is 3.05. The van der Waals surface area contributed by atoms with Gasteiger partial charge in [-0.15, -0.1) is 0 Å². The number of benzene rings is 2. The van der Waals surface area contributed by atoms with Crippen LogP contribution in [0.15, 0.2) is 47.1 Å². The number of cyclic esters (lactones) is 1. The summed E-state index contributed by atoms with van der Waals surface area (Å²) in [6.45, 7) is 6.27. The molecule has 0 spiro atoms. The van der Waals surface area contributed by atoms with Crippen molar-refractivity contribution >= 4 is 52.1 Å². The average molecular weight is 520 g/mol. The normalized spacial score (nSPS) is 14.3. The molecule has 1 N–H and O–H groups in total. The number of rotatable bonds is 7. The van der Waals surface area contributed by atoms with Gasteiger partial charge >= 0.3 is 5.97 Å². The number of carbonyl (C=O) groups excluding carboxylic acids is 2. The number of carbonyl (C=O) groups is 2. The molecule has 1 heterocycles.